The molecule has 1 aliphatic heterocycles. The van der Waals surface area contributed by atoms with Gasteiger partial charge in [0.25, 0.3) is 0 Å². The van der Waals surface area contributed by atoms with Crippen LogP contribution in [0.4, 0.5) is 0 Å². The maximum atomic E-state index is 11.1. The average Bonchev–Trinajstić information content (AvgIpc) is 2.66. The van der Waals surface area contributed by atoms with Gasteiger partial charge >= 0.3 is 0 Å². The molecule has 80 valence electrons. The van der Waals surface area contributed by atoms with Gasteiger partial charge in [-0.2, -0.15) is 0 Å². The summed E-state index contributed by atoms with van der Waals surface area (Å²) in [7, 11) is 1.52. The number of pyridine rings is 1. The van der Waals surface area contributed by atoms with Crippen molar-refractivity contribution >= 4 is 17.5 Å². The molecule has 5 heteroatoms. The summed E-state index contributed by atoms with van der Waals surface area (Å²) in [5.74, 6) is 0.464. The Labute approximate surface area is 92.6 Å². The second kappa shape index (κ2) is 4.06. The van der Waals surface area contributed by atoms with Gasteiger partial charge in [-0.15, -0.1) is 0 Å². The molecule has 1 atom stereocenters. The van der Waals surface area contributed by atoms with Crippen LogP contribution in [0.2, 0.25) is 5.02 Å². The zero-order valence-electron chi connectivity index (χ0n) is 8.29. The number of hydrogen-bond acceptors (Lipinski definition) is 3. The molecule has 0 bridgehead atoms. The monoisotopic (exact) mass is 226 g/mol. The molecule has 0 aliphatic carbocycles. The van der Waals surface area contributed by atoms with Gasteiger partial charge in [-0.1, -0.05) is 11.6 Å². The number of aromatic nitrogens is 1. The summed E-state index contributed by atoms with van der Waals surface area (Å²) in [5, 5.41) is 3.32. The Balaban J connectivity index is 2.25. The van der Waals surface area contributed by atoms with Gasteiger partial charge in [0.1, 0.15) is 5.02 Å². The normalized spacial score (nSPS) is 20.1. The smallest absolute Gasteiger partial charge is 0.232 e. The number of hydrogen-bond donors (Lipinski definition) is 1. The Hall–Kier alpha value is -1.29. The highest BCUT2D eigenvalue weighted by atomic mass is 35.5. The highest BCUT2D eigenvalue weighted by Crippen LogP contribution is 2.27. The zero-order valence-corrected chi connectivity index (χ0v) is 9.04. The lowest BCUT2D eigenvalue weighted by atomic mass is 10.1. The van der Waals surface area contributed by atoms with E-state index < -0.39 is 0 Å². The number of ether oxygens (including phenoxy) is 1. The number of carbonyl (C=O) groups is 1. The molecule has 0 unspecified atom stereocenters. The van der Waals surface area contributed by atoms with Gasteiger partial charge in [0.15, 0.2) is 0 Å². The summed E-state index contributed by atoms with van der Waals surface area (Å²) in [6.45, 7) is 0. The van der Waals surface area contributed by atoms with Crippen LogP contribution in [0.25, 0.3) is 0 Å². The molecule has 0 radical (unpaired) electrons. The lowest BCUT2D eigenvalue weighted by Crippen LogP contribution is -2.19. The van der Waals surface area contributed by atoms with E-state index in [4.69, 9.17) is 16.3 Å². The van der Waals surface area contributed by atoms with Crippen LogP contribution in [0.1, 0.15) is 24.6 Å². The number of carbonyl (C=O) groups excluding carboxylic acids is 1. The third-order valence-corrected chi connectivity index (χ3v) is 2.67. The van der Waals surface area contributed by atoms with Crippen molar-refractivity contribution in [3.63, 3.8) is 0 Å². The van der Waals surface area contributed by atoms with E-state index in [1.54, 1.807) is 12.1 Å². The molecular formula is C10H11ClN2O2. The zero-order chi connectivity index (χ0) is 10.8. The molecule has 1 aromatic rings. The van der Waals surface area contributed by atoms with Crippen molar-refractivity contribution < 1.29 is 9.53 Å². The molecule has 4 nitrogen and oxygen atoms in total. The van der Waals surface area contributed by atoms with E-state index in [-0.39, 0.29) is 11.9 Å². The van der Waals surface area contributed by atoms with E-state index in [1.165, 1.54) is 7.11 Å². The van der Waals surface area contributed by atoms with Crippen LogP contribution in [0, 0.1) is 0 Å². The predicted octanol–water partition coefficient (Wildman–Crippen LogP) is 1.69. The van der Waals surface area contributed by atoms with Gasteiger partial charge < -0.3 is 10.1 Å². The summed E-state index contributed by atoms with van der Waals surface area (Å²) < 4.78 is 5.02. The minimum absolute atomic E-state index is 0.0105. The topological polar surface area (TPSA) is 51.2 Å². The lowest BCUT2D eigenvalue weighted by molar-refractivity contribution is -0.119. The van der Waals surface area contributed by atoms with Crippen LogP contribution < -0.4 is 10.1 Å². The Morgan fingerprint density at radius 3 is 3.00 bits per heavy atom. The quantitative estimate of drug-likeness (QED) is 0.835. The predicted molar refractivity (Wildman–Crippen MR) is 55.9 cm³/mol. The summed E-state index contributed by atoms with van der Waals surface area (Å²) >= 11 is 5.86. The van der Waals surface area contributed by atoms with E-state index in [1.807, 2.05) is 0 Å². The second-order valence-electron chi connectivity index (χ2n) is 3.39. The molecule has 1 amide bonds. The first-order valence-corrected chi connectivity index (χ1v) is 5.08. The van der Waals surface area contributed by atoms with Crippen molar-refractivity contribution in [3.8, 4) is 5.88 Å². The molecule has 0 saturated carbocycles. The van der Waals surface area contributed by atoms with Crippen LogP contribution in [-0.2, 0) is 4.79 Å². The third kappa shape index (κ3) is 2.04. The molecular weight excluding hydrogens is 216 g/mol. The first kappa shape index (κ1) is 10.2. The van der Waals surface area contributed by atoms with Crippen LogP contribution >= 0.6 is 11.6 Å². The van der Waals surface area contributed by atoms with Crippen molar-refractivity contribution in [2.75, 3.05) is 7.11 Å². The fraction of sp³-hybridized carbons (Fsp3) is 0.400. The fourth-order valence-electron chi connectivity index (χ4n) is 1.61. The number of nitrogens with one attached hydrogen (secondary N) is 1. The minimum atomic E-state index is -0.0105. The van der Waals surface area contributed by atoms with Crippen molar-refractivity contribution in [2.24, 2.45) is 0 Å². The largest absolute Gasteiger partial charge is 0.480 e. The van der Waals surface area contributed by atoms with Gasteiger partial charge in [-0.25, -0.2) is 4.98 Å². The minimum Gasteiger partial charge on any atom is -0.480 e. The Bertz CT molecular complexity index is 395. The summed E-state index contributed by atoms with van der Waals surface area (Å²) in [6, 6.07) is 3.53. The maximum absolute atomic E-state index is 11.1. The number of halogens is 1. The van der Waals surface area contributed by atoms with E-state index >= 15 is 0 Å². The molecule has 1 aromatic heterocycles. The number of rotatable bonds is 2. The molecule has 2 heterocycles. The maximum Gasteiger partial charge on any atom is 0.232 e. The van der Waals surface area contributed by atoms with E-state index in [2.05, 4.69) is 10.3 Å². The van der Waals surface area contributed by atoms with E-state index in [0.29, 0.717) is 17.3 Å². The van der Waals surface area contributed by atoms with E-state index in [9.17, 15) is 4.79 Å². The van der Waals surface area contributed by atoms with Gasteiger partial charge in [0, 0.05) is 6.42 Å². The number of methoxy groups -OCH3 is 1. The first-order chi connectivity index (χ1) is 7.20. The molecule has 1 saturated heterocycles. The summed E-state index contributed by atoms with van der Waals surface area (Å²) in [4.78, 5) is 15.3. The lowest BCUT2D eigenvalue weighted by Gasteiger charge is -2.10. The Morgan fingerprint density at radius 2 is 2.40 bits per heavy atom. The van der Waals surface area contributed by atoms with Gasteiger partial charge in [-0.3, -0.25) is 4.79 Å². The molecule has 2 rings (SSSR count). The van der Waals surface area contributed by atoms with E-state index in [0.717, 1.165) is 12.1 Å². The van der Waals surface area contributed by atoms with Gasteiger partial charge in [-0.05, 0) is 18.6 Å². The van der Waals surface area contributed by atoms with Crippen LogP contribution in [-0.4, -0.2) is 18.0 Å². The number of amides is 1. The van der Waals surface area contributed by atoms with Crippen LogP contribution in [0.5, 0.6) is 5.88 Å². The van der Waals surface area contributed by atoms with Crippen LogP contribution in [0.15, 0.2) is 12.1 Å². The molecule has 1 N–H and O–H groups in total. The van der Waals surface area contributed by atoms with Crippen molar-refractivity contribution in [3.05, 3.63) is 22.8 Å². The highest BCUT2D eigenvalue weighted by molar-refractivity contribution is 6.31. The molecule has 1 aliphatic rings. The molecule has 0 aromatic carbocycles. The van der Waals surface area contributed by atoms with Gasteiger partial charge in [0.05, 0.1) is 18.8 Å². The van der Waals surface area contributed by atoms with Gasteiger partial charge in [0.2, 0.25) is 11.8 Å². The van der Waals surface area contributed by atoms with Crippen molar-refractivity contribution in [1.82, 2.24) is 10.3 Å². The Morgan fingerprint density at radius 1 is 1.60 bits per heavy atom. The third-order valence-electron chi connectivity index (χ3n) is 2.38. The first-order valence-electron chi connectivity index (χ1n) is 4.70. The molecule has 15 heavy (non-hydrogen) atoms. The average molecular weight is 227 g/mol. The fourth-order valence-corrected chi connectivity index (χ4v) is 1.79. The number of nitrogens with zero attached hydrogens (tertiary/aromatic N) is 1. The standard InChI is InChI=1S/C10H11ClN2O2/c1-15-10-6(11)2-3-8(13-10)7-4-5-9(14)12-7/h2-3,7H,4-5H2,1H3,(H,12,14)/t7-/m1/s1. The SMILES string of the molecule is COc1nc([C@H]2CCC(=O)N2)ccc1Cl. The van der Waals surface area contributed by atoms with Crippen molar-refractivity contribution in [2.45, 2.75) is 18.9 Å². The molecule has 1 fully saturated rings. The summed E-state index contributed by atoms with van der Waals surface area (Å²) in [6.07, 6.45) is 1.33. The molecule has 0 spiro atoms. The Kier molecular flexibility index (Phi) is 2.77. The second-order valence-corrected chi connectivity index (χ2v) is 3.79. The van der Waals surface area contributed by atoms with Crippen LogP contribution in [0.3, 0.4) is 0 Å². The van der Waals surface area contributed by atoms with Crippen molar-refractivity contribution in [1.29, 1.82) is 0 Å². The highest BCUT2D eigenvalue weighted by Gasteiger charge is 2.23. The summed E-state index contributed by atoms with van der Waals surface area (Å²) in [5.41, 5.74) is 0.794.